The van der Waals surface area contributed by atoms with Crippen LogP contribution in [0, 0.1) is 17.2 Å². The van der Waals surface area contributed by atoms with Crippen LogP contribution in [0.1, 0.15) is 18.4 Å². The van der Waals surface area contributed by atoms with E-state index in [0.29, 0.717) is 17.0 Å². The monoisotopic (exact) mass is 407 g/mol. The zero-order valence-electron chi connectivity index (χ0n) is 17.2. The second-order valence-electron chi connectivity index (χ2n) is 7.37. The lowest BCUT2D eigenvalue weighted by atomic mass is 9.95. The van der Waals surface area contributed by atoms with E-state index < -0.39 is 0 Å². The molecule has 1 fully saturated rings. The Morgan fingerprint density at radius 2 is 1.90 bits per heavy atom. The zero-order chi connectivity index (χ0) is 21.5. The minimum absolute atomic E-state index is 0.00103. The smallest absolute Gasteiger partial charge is 0.259 e. The van der Waals surface area contributed by atoms with Gasteiger partial charge in [-0.3, -0.25) is 9.59 Å². The summed E-state index contributed by atoms with van der Waals surface area (Å²) in [4.78, 5) is 32.1. The van der Waals surface area contributed by atoms with Gasteiger partial charge in [0.05, 0.1) is 5.56 Å². The molecule has 0 radical (unpaired) electrons. The van der Waals surface area contributed by atoms with Gasteiger partial charge in [0.1, 0.15) is 17.6 Å². The van der Waals surface area contributed by atoms with E-state index >= 15 is 0 Å². The van der Waals surface area contributed by atoms with Gasteiger partial charge in [-0.2, -0.15) is 5.26 Å². The Kier molecular flexibility index (Phi) is 6.86. The number of anilines is 2. The second kappa shape index (κ2) is 9.74. The normalized spacial score (nSPS) is 14.0. The van der Waals surface area contributed by atoms with Crippen LogP contribution in [0.3, 0.4) is 0 Å². The fourth-order valence-corrected chi connectivity index (χ4v) is 3.16. The average molecular weight is 407 g/mol. The Morgan fingerprint density at radius 3 is 2.47 bits per heavy atom. The van der Waals surface area contributed by atoms with E-state index in [1.54, 1.807) is 50.6 Å². The summed E-state index contributed by atoms with van der Waals surface area (Å²) >= 11 is 0. The number of amides is 2. The summed E-state index contributed by atoms with van der Waals surface area (Å²) in [7, 11) is 3.35. The second-order valence-corrected chi connectivity index (χ2v) is 7.37. The Balaban J connectivity index is 1.47. The van der Waals surface area contributed by atoms with Gasteiger partial charge in [0.25, 0.3) is 5.91 Å². The van der Waals surface area contributed by atoms with Crippen LogP contribution in [-0.2, 0) is 9.59 Å². The average Bonchev–Trinajstić information content (AvgIpc) is 2.78. The van der Waals surface area contributed by atoms with Gasteiger partial charge in [-0.05, 0) is 49.2 Å². The van der Waals surface area contributed by atoms with Crippen LogP contribution < -0.4 is 15.0 Å². The number of nitrogens with zero attached hydrogens (tertiary/aromatic N) is 4. The molecule has 2 heterocycles. The topological polar surface area (TPSA) is 98.6 Å². The summed E-state index contributed by atoms with van der Waals surface area (Å²) in [6.07, 6.45) is 3.04. The number of aromatic nitrogens is 1. The third kappa shape index (κ3) is 5.47. The quantitative estimate of drug-likeness (QED) is 0.789. The van der Waals surface area contributed by atoms with Gasteiger partial charge in [0.15, 0.2) is 6.61 Å². The maximum atomic E-state index is 12.6. The van der Waals surface area contributed by atoms with Gasteiger partial charge in [-0.1, -0.05) is 0 Å². The van der Waals surface area contributed by atoms with Gasteiger partial charge in [-0.15, -0.1) is 0 Å². The number of rotatable bonds is 6. The lowest BCUT2D eigenvalue weighted by Gasteiger charge is -2.32. The van der Waals surface area contributed by atoms with Crippen molar-refractivity contribution < 1.29 is 14.3 Å². The number of nitrogens with one attached hydrogen (secondary N) is 1. The van der Waals surface area contributed by atoms with Crippen molar-refractivity contribution in [3.63, 3.8) is 0 Å². The Bertz CT molecular complexity index is 911. The molecule has 1 aliphatic rings. The molecule has 1 aromatic heterocycles. The molecule has 156 valence electrons. The highest BCUT2D eigenvalue weighted by atomic mass is 16.5. The Morgan fingerprint density at radius 1 is 1.20 bits per heavy atom. The number of hydrogen-bond acceptors (Lipinski definition) is 6. The van der Waals surface area contributed by atoms with Crippen molar-refractivity contribution in [3.8, 4) is 11.8 Å². The van der Waals surface area contributed by atoms with E-state index in [0.717, 1.165) is 31.7 Å². The van der Waals surface area contributed by atoms with E-state index in [1.807, 2.05) is 6.07 Å². The van der Waals surface area contributed by atoms with Crippen molar-refractivity contribution in [3.05, 3.63) is 48.2 Å². The third-order valence-corrected chi connectivity index (χ3v) is 5.05. The molecule has 2 amide bonds. The summed E-state index contributed by atoms with van der Waals surface area (Å²) < 4.78 is 5.44. The molecule has 30 heavy (non-hydrogen) atoms. The summed E-state index contributed by atoms with van der Waals surface area (Å²) in [6, 6.07) is 12.7. The number of nitriles is 1. The van der Waals surface area contributed by atoms with E-state index in [9.17, 15) is 9.59 Å². The van der Waals surface area contributed by atoms with Crippen LogP contribution in [0.15, 0.2) is 42.6 Å². The van der Waals surface area contributed by atoms with Crippen molar-refractivity contribution in [2.75, 3.05) is 44.0 Å². The maximum Gasteiger partial charge on any atom is 0.259 e. The van der Waals surface area contributed by atoms with Gasteiger partial charge in [0, 0.05) is 45.0 Å². The first-order valence-corrected chi connectivity index (χ1v) is 9.81. The largest absolute Gasteiger partial charge is 0.484 e. The molecule has 3 rings (SSSR count). The molecule has 0 unspecified atom stereocenters. The Hall–Kier alpha value is -3.60. The summed E-state index contributed by atoms with van der Waals surface area (Å²) in [5.41, 5.74) is 1.23. The first kappa shape index (κ1) is 21.1. The van der Waals surface area contributed by atoms with Crippen molar-refractivity contribution in [1.29, 1.82) is 5.26 Å². The molecule has 2 aromatic rings. The van der Waals surface area contributed by atoms with Gasteiger partial charge >= 0.3 is 0 Å². The molecule has 8 nitrogen and oxygen atoms in total. The summed E-state index contributed by atoms with van der Waals surface area (Å²) in [5, 5.41) is 11.8. The Labute approximate surface area is 176 Å². The molecule has 0 spiro atoms. The van der Waals surface area contributed by atoms with Gasteiger partial charge < -0.3 is 19.9 Å². The number of benzene rings is 1. The van der Waals surface area contributed by atoms with Crippen LogP contribution in [0.2, 0.25) is 0 Å². The first-order chi connectivity index (χ1) is 14.5. The van der Waals surface area contributed by atoms with E-state index in [4.69, 9.17) is 10.00 Å². The van der Waals surface area contributed by atoms with Gasteiger partial charge in [0.2, 0.25) is 5.91 Å². The predicted octanol–water partition coefficient (Wildman–Crippen LogP) is 2.28. The van der Waals surface area contributed by atoms with E-state index in [-0.39, 0.29) is 24.3 Å². The molecule has 0 aliphatic carbocycles. The lowest BCUT2D eigenvalue weighted by Crippen LogP contribution is -2.38. The van der Waals surface area contributed by atoms with Crippen molar-refractivity contribution in [1.82, 2.24) is 9.88 Å². The fourth-order valence-electron chi connectivity index (χ4n) is 3.16. The number of ether oxygens (including phenoxy) is 1. The molecular weight excluding hydrogens is 382 g/mol. The van der Waals surface area contributed by atoms with Crippen molar-refractivity contribution >= 4 is 23.3 Å². The van der Waals surface area contributed by atoms with Crippen molar-refractivity contribution in [2.45, 2.75) is 12.8 Å². The molecule has 1 aromatic carbocycles. The highest BCUT2D eigenvalue weighted by molar-refractivity contribution is 5.92. The molecule has 1 N–H and O–H groups in total. The molecule has 1 saturated heterocycles. The summed E-state index contributed by atoms with van der Waals surface area (Å²) in [6.45, 7) is 1.46. The number of carbonyl (C=O) groups is 2. The first-order valence-electron chi connectivity index (χ1n) is 9.81. The number of hydrogen-bond donors (Lipinski definition) is 1. The highest BCUT2D eigenvalue weighted by Crippen LogP contribution is 2.24. The lowest BCUT2D eigenvalue weighted by molar-refractivity contribution is -0.130. The fraction of sp³-hybridized carbons (Fsp3) is 0.364. The molecule has 0 bridgehead atoms. The van der Waals surface area contributed by atoms with Crippen LogP contribution >= 0.6 is 0 Å². The molecular formula is C22H25N5O3. The number of piperidine rings is 1. The molecule has 0 saturated carbocycles. The standard InChI is InChI=1S/C22H25N5O3/c1-26(2)21(28)15-30-19-6-4-18(5-7-19)25-22(29)17-9-11-27(12-10-17)20-8-3-16(13-23)14-24-20/h3-8,14,17H,9-12,15H2,1-2H3,(H,25,29). The van der Waals surface area contributed by atoms with Crippen LogP contribution in [-0.4, -0.2) is 55.5 Å². The number of carbonyl (C=O) groups excluding carboxylic acids is 2. The van der Waals surface area contributed by atoms with Gasteiger partial charge in [-0.25, -0.2) is 4.98 Å². The van der Waals surface area contributed by atoms with Crippen molar-refractivity contribution in [2.24, 2.45) is 5.92 Å². The van der Waals surface area contributed by atoms with Crippen LogP contribution in [0.4, 0.5) is 11.5 Å². The summed E-state index contributed by atoms with van der Waals surface area (Å²) in [5.74, 6) is 1.23. The SMILES string of the molecule is CN(C)C(=O)COc1ccc(NC(=O)C2CCN(c3ccc(C#N)cn3)CC2)cc1. The minimum Gasteiger partial charge on any atom is -0.484 e. The van der Waals surface area contributed by atoms with E-state index in [1.165, 1.54) is 4.90 Å². The highest BCUT2D eigenvalue weighted by Gasteiger charge is 2.25. The zero-order valence-corrected chi connectivity index (χ0v) is 17.2. The van der Waals surface area contributed by atoms with E-state index in [2.05, 4.69) is 21.3 Å². The molecule has 1 aliphatic heterocycles. The molecule has 0 atom stereocenters. The predicted molar refractivity (Wildman–Crippen MR) is 113 cm³/mol. The number of likely N-dealkylation sites (N-methyl/N-ethyl adjacent to an activating group) is 1. The minimum atomic E-state index is -0.116. The van der Waals surface area contributed by atoms with Crippen LogP contribution in [0.25, 0.3) is 0 Å². The maximum absolute atomic E-state index is 12.6. The third-order valence-electron chi connectivity index (χ3n) is 5.05. The number of pyridine rings is 1. The molecule has 8 heteroatoms. The van der Waals surface area contributed by atoms with Crippen LogP contribution in [0.5, 0.6) is 5.75 Å².